The summed E-state index contributed by atoms with van der Waals surface area (Å²) in [5, 5.41) is 4.80. The molecule has 0 radical (unpaired) electrons. The van der Waals surface area contributed by atoms with Crippen LogP contribution in [0.1, 0.15) is 105 Å². The number of pyridine rings is 1. The number of anilines is 1. The zero-order valence-corrected chi connectivity index (χ0v) is 31.7. The van der Waals surface area contributed by atoms with Crippen molar-refractivity contribution < 1.29 is 19.1 Å². The summed E-state index contributed by atoms with van der Waals surface area (Å²) >= 11 is 0. The number of ether oxygens (including phenoxy) is 2. The molecule has 6 rings (SSSR count). The van der Waals surface area contributed by atoms with Crippen LogP contribution in [-0.4, -0.2) is 66.8 Å². The van der Waals surface area contributed by atoms with E-state index in [2.05, 4.69) is 67.3 Å². The molecule has 1 aromatic heterocycles. The van der Waals surface area contributed by atoms with Crippen LogP contribution in [0.25, 0.3) is 10.9 Å². The number of esters is 2. The van der Waals surface area contributed by atoms with Crippen LogP contribution in [0.4, 0.5) is 5.69 Å². The van der Waals surface area contributed by atoms with E-state index in [1.54, 1.807) is 13.8 Å². The van der Waals surface area contributed by atoms with Gasteiger partial charge in [0.2, 0.25) is 0 Å². The van der Waals surface area contributed by atoms with Crippen molar-refractivity contribution >= 4 is 28.5 Å². The lowest BCUT2D eigenvalue weighted by molar-refractivity contribution is -0.220. The number of para-hydroxylation sites is 1. The molecule has 50 heavy (non-hydrogen) atoms. The molecule has 11 atom stereocenters. The molecule has 8 nitrogen and oxygen atoms in total. The highest BCUT2D eigenvalue weighted by Gasteiger charge is 2.67. The monoisotopic (exact) mass is 688 g/mol. The molecule has 0 amide bonds. The maximum Gasteiger partial charge on any atom is 0.302 e. The minimum Gasteiger partial charge on any atom is -0.462 e. The number of carbonyl (C=O) groups excluding carboxylic acids is 2. The SMILES string of the molecule is CC(=O)O[C@H]1C[C@H]2[C@@H]([C@H](OC(C)=O)C[C@@H]3C[C@H](N)CC[C@@]32C)[C@@H]2CC[C@H]([C@H](C)CCCN(C)CCCCNc3ccnc4ccccc34)[C@@]12C. The minimum absolute atomic E-state index is 0.0783. The van der Waals surface area contributed by atoms with Crippen LogP contribution in [0.2, 0.25) is 0 Å². The molecule has 0 unspecified atom stereocenters. The highest BCUT2D eigenvalue weighted by molar-refractivity contribution is 5.90. The van der Waals surface area contributed by atoms with Crippen molar-refractivity contribution in [2.45, 2.75) is 123 Å². The second kappa shape index (κ2) is 15.5. The fourth-order valence-electron chi connectivity index (χ4n) is 11.8. The molecule has 4 aliphatic rings. The van der Waals surface area contributed by atoms with Crippen molar-refractivity contribution in [2.75, 3.05) is 32.0 Å². The molecule has 4 fully saturated rings. The molecule has 8 heteroatoms. The minimum atomic E-state index is -0.174. The number of hydrogen-bond acceptors (Lipinski definition) is 8. The number of fused-ring (bicyclic) bond motifs is 6. The third-order valence-corrected chi connectivity index (χ3v) is 14.3. The third-order valence-electron chi connectivity index (χ3n) is 14.3. The molecular formula is C42H64N4O4. The van der Waals surface area contributed by atoms with E-state index < -0.39 is 0 Å². The Kier molecular flexibility index (Phi) is 11.5. The van der Waals surface area contributed by atoms with Crippen molar-refractivity contribution in [2.24, 2.45) is 52.1 Å². The van der Waals surface area contributed by atoms with Crippen LogP contribution in [0, 0.1) is 46.3 Å². The second-order valence-corrected chi connectivity index (χ2v) is 17.2. The van der Waals surface area contributed by atoms with Crippen LogP contribution in [0.15, 0.2) is 36.5 Å². The Bertz CT molecular complexity index is 1480. The van der Waals surface area contributed by atoms with Gasteiger partial charge in [-0.3, -0.25) is 14.6 Å². The molecule has 3 N–H and O–H groups in total. The Labute approximate surface area is 301 Å². The van der Waals surface area contributed by atoms with Gasteiger partial charge in [-0.25, -0.2) is 0 Å². The topological polar surface area (TPSA) is 107 Å². The third kappa shape index (κ3) is 7.44. The number of carbonyl (C=O) groups is 2. The van der Waals surface area contributed by atoms with Gasteiger partial charge in [0.05, 0.1) is 5.52 Å². The summed E-state index contributed by atoms with van der Waals surface area (Å²) in [7, 11) is 2.25. The number of nitrogens with zero attached hydrogens (tertiary/aromatic N) is 2. The van der Waals surface area contributed by atoms with Crippen LogP contribution in [0.5, 0.6) is 0 Å². The van der Waals surface area contributed by atoms with E-state index in [4.69, 9.17) is 15.2 Å². The molecule has 1 heterocycles. The summed E-state index contributed by atoms with van der Waals surface area (Å²) < 4.78 is 12.6. The number of nitrogens with two attached hydrogens (primary N) is 1. The number of rotatable bonds is 13. The van der Waals surface area contributed by atoms with E-state index in [0.717, 1.165) is 95.0 Å². The van der Waals surface area contributed by atoms with Crippen LogP contribution in [-0.2, 0) is 19.1 Å². The molecular weight excluding hydrogens is 624 g/mol. The summed E-state index contributed by atoms with van der Waals surface area (Å²) in [6.07, 6.45) is 13.5. The number of nitrogens with one attached hydrogen (secondary N) is 1. The van der Waals surface area contributed by atoms with Crippen molar-refractivity contribution in [3.8, 4) is 0 Å². The van der Waals surface area contributed by atoms with Gasteiger partial charge < -0.3 is 25.4 Å². The van der Waals surface area contributed by atoms with Gasteiger partial charge in [-0.1, -0.05) is 39.0 Å². The van der Waals surface area contributed by atoms with Gasteiger partial charge in [0.15, 0.2) is 0 Å². The molecule has 276 valence electrons. The lowest BCUT2D eigenvalue weighted by atomic mass is 9.43. The molecule has 4 saturated carbocycles. The van der Waals surface area contributed by atoms with Gasteiger partial charge in [0.1, 0.15) is 12.2 Å². The van der Waals surface area contributed by atoms with Crippen molar-refractivity contribution in [3.05, 3.63) is 36.5 Å². The van der Waals surface area contributed by atoms with Gasteiger partial charge in [0.25, 0.3) is 0 Å². The number of hydrogen-bond donors (Lipinski definition) is 2. The van der Waals surface area contributed by atoms with E-state index in [-0.39, 0.29) is 41.0 Å². The van der Waals surface area contributed by atoms with E-state index in [0.29, 0.717) is 35.5 Å². The molecule has 2 aromatic rings. The fraction of sp³-hybridized carbons (Fsp3) is 0.738. The number of aromatic nitrogens is 1. The standard InChI is InChI=1S/C42H64N4O4/c1-27(12-11-23-46(6)22-10-9-20-44-37-18-21-45-36-14-8-7-13-32(36)37)33-15-16-34-40-35(26-39(42(33,34)5)50-29(3)48)41(4)19-17-31(43)24-30(41)25-38(40)49-28(2)47/h7-8,13-14,18,21,27,30-31,33-35,38-40H,9-12,15-17,19-20,22-26,43H2,1-6H3,(H,44,45)/t27-,30+,31-,33-,34+,35+,38-,39+,40+,41+,42-/m1/s1. The van der Waals surface area contributed by atoms with Crippen LogP contribution in [0.3, 0.4) is 0 Å². The van der Waals surface area contributed by atoms with E-state index >= 15 is 0 Å². The molecule has 0 saturated heterocycles. The van der Waals surface area contributed by atoms with E-state index in [9.17, 15) is 9.59 Å². The molecule has 0 bridgehead atoms. The van der Waals surface area contributed by atoms with Crippen LogP contribution >= 0.6 is 0 Å². The Hall–Kier alpha value is -2.71. The normalized spacial score (nSPS) is 35.5. The first-order valence-electron chi connectivity index (χ1n) is 19.8. The highest BCUT2D eigenvalue weighted by Crippen LogP contribution is 2.69. The number of unbranched alkanes of at least 4 members (excludes halogenated alkanes) is 1. The van der Waals surface area contributed by atoms with Gasteiger partial charge in [-0.05, 0) is 138 Å². The summed E-state index contributed by atoms with van der Waals surface area (Å²) in [6.45, 7) is 13.6. The average Bonchev–Trinajstić information content (AvgIpc) is 3.43. The molecule has 1 aromatic carbocycles. The number of benzene rings is 1. The molecule has 4 aliphatic carbocycles. The highest BCUT2D eigenvalue weighted by atomic mass is 16.5. The van der Waals surface area contributed by atoms with Gasteiger partial charge in [0, 0.05) is 55.0 Å². The average molecular weight is 689 g/mol. The largest absolute Gasteiger partial charge is 0.462 e. The Morgan fingerprint density at radius 2 is 1.74 bits per heavy atom. The quantitative estimate of drug-likeness (QED) is 0.162. The first kappa shape index (κ1) is 37.1. The van der Waals surface area contributed by atoms with Crippen molar-refractivity contribution in [1.29, 1.82) is 0 Å². The maximum absolute atomic E-state index is 12.7. The van der Waals surface area contributed by atoms with Crippen molar-refractivity contribution in [3.63, 3.8) is 0 Å². The Morgan fingerprint density at radius 1 is 0.980 bits per heavy atom. The fourth-order valence-corrected chi connectivity index (χ4v) is 11.8. The first-order valence-corrected chi connectivity index (χ1v) is 19.8. The van der Waals surface area contributed by atoms with Crippen LogP contribution < -0.4 is 11.1 Å². The van der Waals surface area contributed by atoms with Crippen molar-refractivity contribution in [1.82, 2.24) is 9.88 Å². The Balaban J connectivity index is 1.05. The summed E-state index contributed by atoms with van der Waals surface area (Å²) in [6, 6.07) is 10.6. The smallest absolute Gasteiger partial charge is 0.302 e. The summed E-state index contributed by atoms with van der Waals surface area (Å²) in [5.41, 5.74) is 8.71. The van der Waals surface area contributed by atoms with E-state index in [1.807, 2.05) is 12.3 Å². The van der Waals surface area contributed by atoms with E-state index in [1.165, 1.54) is 11.8 Å². The predicted octanol–water partition coefficient (Wildman–Crippen LogP) is 7.84. The maximum atomic E-state index is 12.7. The molecule has 0 spiro atoms. The first-order chi connectivity index (χ1) is 23.9. The lowest BCUT2D eigenvalue weighted by Gasteiger charge is -2.64. The predicted molar refractivity (Wildman–Crippen MR) is 200 cm³/mol. The summed E-state index contributed by atoms with van der Waals surface area (Å²) in [4.78, 5) is 32.1. The van der Waals surface area contributed by atoms with Gasteiger partial charge in [-0.15, -0.1) is 0 Å². The second-order valence-electron chi connectivity index (χ2n) is 17.2. The molecule has 0 aliphatic heterocycles. The zero-order chi connectivity index (χ0) is 35.6. The summed E-state index contributed by atoms with van der Waals surface area (Å²) in [5.74, 6) is 2.14. The van der Waals surface area contributed by atoms with Gasteiger partial charge >= 0.3 is 11.9 Å². The Morgan fingerprint density at radius 3 is 2.52 bits per heavy atom. The zero-order valence-electron chi connectivity index (χ0n) is 31.7. The lowest BCUT2D eigenvalue weighted by Crippen LogP contribution is -2.63. The van der Waals surface area contributed by atoms with Gasteiger partial charge in [-0.2, -0.15) is 0 Å².